The number of pyridine rings is 1. The summed E-state index contributed by atoms with van der Waals surface area (Å²) in [6.45, 7) is 2.32. The van der Waals surface area contributed by atoms with Crippen LogP contribution in [0.3, 0.4) is 0 Å². The number of hydrogen-bond acceptors (Lipinski definition) is 4. The fourth-order valence-corrected chi connectivity index (χ4v) is 4.71. The topological polar surface area (TPSA) is 88.5 Å². The quantitative estimate of drug-likeness (QED) is 0.327. The van der Waals surface area contributed by atoms with E-state index >= 15 is 0 Å². The van der Waals surface area contributed by atoms with Crippen LogP contribution in [0.15, 0.2) is 85.2 Å². The lowest BCUT2D eigenvalue weighted by Gasteiger charge is -2.18. The van der Waals surface area contributed by atoms with Gasteiger partial charge in [0, 0.05) is 18.3 Å². The number of carboxylic acid groups (broad SMARTS) is 1. The van der Waals surface area contributed by atoms with E-state index in [1.807, 2.05) is 30.3 Å². The molecule has 0 spiro atoms. The summed E-state index contributed by atoms with van der Waals surface area (Å²) in [5.74, 6) is -1.63. The van der Waals surface area contributed by atoms with Crippen molar-refractivity contribution in [3.63, 3.8) is 0 Å². The van der Waals surface area contributed by atoms with Crippen LogP contribution < -0.4 is 5.32 Å². The number of aromatic nitrogens is 1. The van der Waals surface area contributed by atoms with Crippen molar-refractivity contribution >= 4 is 12.1 Å². The van der Waals surface area contributed by atoms with Crippen molar-refractivity contribution in [1.29, 1.82) is 0 Å². The molecule has 186 valence electrons. The Morgan fingerprint density at radius 3 is 2.33 bits per heavy atom. The van der Waals surface area contributed by atoms with Gasteiger partial charge in [0.1, 0.15) is 6.61 Å². The largest absolute Gasteiger partial charge is 0.481 e. The summed E-state index contributed by atoms with van der Waals surface area (Å²) in [5, 5.41) is 12.6. The second kappa shape index (κ2) is 12.2. The van der Waals surface area contributed by atoms with E-state index in [0.29, 0.717) is 12.8 Å². The molecule has 3 aromatic rings. The van der Waals surface area contributed by atoms with Crippen LogP contribution in [0.5, 0.6) is 0 Å². The van der Waals surface area contributed by atoms with Crippen LogP contribution in [0.25, 0.3) is 11.1 Å². The van der Waals surface area contributed by atoms with E-state index in [-0.39, 0.29) is 18.6 Å². The highest BCUT2D eigenvalue weighted by molar-refractivity contribution is 5.79. The second-order valence-corrected chi connectivity index (χ2v) is 9.11. The van der Waals surface area contributed by atoms with Crippen molar-refractivity contribution in [2.75, 3.05) is 6.61 Å². The highest BCUT2D eigenvalue weighted by Gasteiger charge is 2.29. The van der Waals surface area contributed by atoms with E-state index in [2.05, 4.69) is 41.5 Å². The number of rotatable bonds is 11. The third kappa shape index (κ3) is 6.19. The Bertz CT molecular complexity index is 1160. The monoisotopic (exact) mass is 484 g/mol. The molecular formula is C30H32N2O4. The molecule has 2 atom stereocenters. The highest BCUT2D eigenvalue weighted by atomic mass is 16.5. The first kappa shape index (κ1) is 25.2. The van der Waals surface area contributed by atoms with Crippen LogP contribution in [0.4, 0.5) is 4.79 Å². The molecule has 2 unspecified atom stereocenters. The number of aliphatic carboxylic acids is 1. The molecule has 0 aliphatic heterocycles. The summed E-state index contributed by atoms with van der Waals surface area (Å²) in [4.78, 5) is 28.7. The summed E-state index contributed by atoms with van der Waals surface area (Å²) in [6.07, 6.45) is 9.20. The Morgan fingerprint density at radius 2 is 1.72 bits per heavy atom. The number of alkyl carbamates (subject to hydrolysis) is 1. The molecular weight excluding hydrogens is 452 g/mol. The van der Waals surface area contributed by atoms with E-state index in [1.54, 1.807) is 30.6 Å². The van der Waals surface area contributed by atoms with Gasteiger partial charge in [-0.15, -0.1) is 0 Å². The van der Waals surface area contributed by atoms with Crippen LogP contribution in [-0.2, 0) is 16.0 Å². The number of ether oxygens (including phenoxy) is 1. The average Bonchev–Trinajstić information content (AvgIpc) is 3.22. The molecule has 2 aromatic carbocycles. The zero-order chi connectivity index (χ0) is 25.3. The first-order chi connectivity index (χ1) is 17.6. The predicted octanol–water partition coefficient (Wildman–Crippen LogP) is 5.98. The van der Waals surface area contributed by atoms with Crippen LogP contribution in [0, 0.1) is 5.92 Å². The second-order valence-electron chi connectivity index (χ2n) is 9.11. The number of nitrogens with one attached hydrogen (secondary N) is 1. The van der Waals surface area contributed by atoms with Gasteiger partial charge in [-0.2, -0.15) is 0 Å². The molecule has 1 aliphatic rings. The number of carboxylic acids is 1. The molecule has 0 bridgehead atoms. The van der Waals surface area contributed by atoms with E-state index in [9.17, 15) is 14.7 Å². The molecule has 1 heterocycles. The molecule has 0 fully saturated rings. The lowest BCUT2D eigenvalue weighted by Crippen LogP contribution is -2.35. The van der Waals surface area contributed by atoms with E-state index in [1.165, 1.54) is 11.1 Å². The maximum atomic E-state index is 12.8. The molecule has 0 saturated carbocycles. The maximum absolute atomic E-state index is 12.8. The van der Waals surface area contributed by atoms with E-state index in [4.69, 9.17) is 4.74 Å². The minimum Gasteiger partial charge on any atom is -0.481 e. The third-order valence-electron chi connectivity index (χ3n) is 6.59. The first-order valence-corrected chi connectivity index (χ1v) is 12.5. The number of nitrogens with zero attached hydrogens (tertiary/aromatic N) is 1. The normalized spacial score (nSPS) is 14.1. The Labute approximate surface area is 212 Å². The number of unbranched alkanes of at least 4 members (excludes halogenated alkanes) is 1. The van der Waals surface area contributed by atoms with Crippen LogP contribution in [-0.4, -0.2) is 34.8 Å². The van der Waals surface area contributed by atoms with Gasteiger partial charge in [0.15, 0.2) is 0 Å². The summed E-state index contributed by atoms with van der Waals surface area (Å²) in [7, 11) is 0. The smallest absolute Gasteiger partial charge is 0.407 e. The highest BCUT2D eigenvalue weighted by Crippen LogP contribution is 2.44. The van der Waals surface area contributed by atoms with Gasteiger partial charge in [-0.1, -0.05) is 86.5 Å². The number of benzene rings is 2. The van der Waals surface area contributed by atoms with Crippen molar-refractivity contribution in [1.82, 2.24) is 10.3 Å². The molecule has 1 aliphatic carbocycles. The van der Waals surface area contributed by atoms with Crippen LogP contribution in [0.2, 0.25) is 0 Å². The van der Waals surface area contributed by atoms with Crippen molar-refractivity contribution in [2.24, 2.45) is 5.92 Å². The zero-order valence-electron chi connectivity index (χ0n) is 20.5. The third-order valence-corrected chi connectivity index (χ3v) is 6.59. The number of hydrogen-bond donors (Lipinski definition) is 2. The standard InChI is InChI=1S/C30H32N2O4/c1-2-3-10-23(16-15-22(29(33)34)18-21-9-8-17-31-19-21)32-30(35)36-20-28-26-13-6-4-11-24(26)25-12-5-7-14-27(25)28/h4-9,11-17,19,22-23,28H,2-3,10,18,20H2,1H3,(H,32,35)(H,33,34)/b16-15-. The molecule has 1 amide bonds. The molecule has 0 radical (unpaired) electrons. The number of fused-ring (bicyclic) bond motifs is 3. The molecule has 2 N–H and O–H groups in total. The van der Waals surface area contributed by atoms with Crippen LogP contribution in [0.1, 0.15) is 48.8 Å². The molecule has 1 aromatic heterocycles. The van der Waals surface area contributed by atoms with Gasteiger partial charge in [0.05, 0.1) is 12.0 Å². The Morgan fingerprint density at radius 1 is 1.03 bits per heavy atom. The van der Waals surface area contributed by atoms with Gasteiger partial charge in [0.2, 0.25) is 0 Å². The van der Waals surface area contributed by atoms with E-state index in [0.717, 1.165) is 29.5 Å². The van der Waals surface area contributed by atoms with Crippen molar-refractivity contribution in [3.8, 4) is 11.1 Å². The molecule has 6 heteroatoms. The van der Waals surface area contributed by atoms with Crippen LogP contribution >= 0.6 is 0 Å². The Hall–Kier alpha value is -3.93. The molecule has 6 nitrogen and oxygen atoms in total. The molecule has 36 heavy (non-hydrogen) atoms. The molecule has 0 saturated heterocycles. The summed E-state index contributed by atoms with van der Waals surface area (Å²) in [6, 6.07) is 19.8. The average molecular weight is 485 g/mol. The maximum Gasteiger partial charge on any atom is 0.407 e. The molecule has 4 rings (SSSR count). The Kier molecular flexibility index (Phi) is 8.50. The lowest BCUT2D eigenvalue weighted by atomic mass is 9.98. The number of carbonyl (C=O) groups is 2. The first-order valence-electron chi connectivity index (χ1n) is 12.5. The van der Waals surface area contributed by atoms with Gasteiger partial charge in [-0.3, -0.25) is 9.78 Å². The number of carbonyl (C=O) groups excluding carboxylic acids is 1. The van der Waals surface area contributed by atoms with Gasteiger partial charge in [-0.05, 0) is 46.7 Å². The summed E-state index contributed by atoms with van der Waals surface area (Å²) < 4.78 is 5.69. The predicted molar refractivity (Wildman–Crippen MR) is 140 cm³/mol. The SMILES string of the molecule is CCCCC(/C=C\C(Cc1cccnc1)C(=O)O)NC(=O)OCC1c2ccccc2-c2ccccc21. The lowest BCUT2D eigenvalue weighted by molar-refractivity contribution is -0.140. The summed E-state index contributed by atoms with van der Waals surface area (Å²) >= 11 is 0. The zero-order valence-corrected chi connectivity index (χ0v) is 20.5. The van der Waals surface area contributed by atoms with Gasteiger partial charge in [0.25, 0.3) is 0 Å². The fraction of sp³-hybridized carbons (Fsp3) is 0.300. The van der Waals surface area contributed by atoms with Gasteiger partial charge < -0.3 is 15.2 Å². The summed E-state index contributed by atoms with van der Waals surface area (Å²) in [5.41, 5.74) is 5.53. The minimum atomic E-state index is -0.912. The van der Waals surface area contributed by atoms with Crippen molar-refractivity contribution in [2.45, 2.75) is 44.6 Å². The number of amides is 1. The minimum absolute atomic E-state index is 0.0105. The fourth-order valence-electron chi connectivity index (χ4n) is 4.71. The van der Waals surface area contributed by atoms with Gasteiger partial charge in [-0.25, -0.2) is 4.79 Å². The Balaban J connectivity index is 1.40. The van der Waals surface area contributed by atoms with Gasteiger partial charge >= 0.3 is 12.1 Å². The van der Waals surface area contributed by atoms with Crippen molar-refractivity contribution < 1.29 is 19.4 Å². The van der Waals surface area contributed by atoms with Crippen molar-refractivity contribution in [3.05, 3.63) is 102 Å². The van der Waals surface area contributed by atoms with E-state index < -0.39 is 18.0 Å².